The average Bonchev–Trinajstić information content (AvgIpc) is 2.67. The molecule has 0 spiro atoms. The van der Waals surface area contributed by atoms with Crippen LogP contribution in [0, 0.1) is 0 Å². The summed E-state index contributed by atoms with van der Waals surface area (Å²) in [6.07, 6.45) is 1.83. The maximum absolute atomic E-state index is 12.9. The van der Waals surface area contributed by atoms with Gasteiger partial charge in [0.1, 0.15) is 5.75 Å². The normalized spacial score (nSPS) is 20.6. The van der Waals surface area contributed by atoms with E-state index in [-0.39, 0.29) is 18.0 Å². The van der Waals surface area contributed by atoms with Gasteiger partial charge in [-0.2, -0.15) is 0 Å². The van der Waals surface area contributed by atoms with Gasteiger partial charge < -0.3 is 15.0 Å². The highest BCUT2D eigenvalue weighted by molar-refractivity contribution is 5.83. The SMILES string of the molecule is CCN1C(=O)C(NCc2ccccc2OC)CCC1c1ccccc1. The maximum Gasteiger partial charge on any atom is 0.240 e. The minimum atomic E-state index is -0.134. The predicted molar refractivity (Wildman–Crippen MR) is 99.4 cm³/mol. The van der Waals surface area contributed by atoms with Gasteiger partial charge in [0, 0.05) is 18.7 Å². The Labute approximate surface area is 149 Å². The Kier molecular flexibility index (Phi) is 5.71. The van der Waals surface area contributed by atoms with Crippen molar-refractivity contribution in [1.82, 2.24) is 10.2 Å². The molecule has 1 heterocycles. The molecule has 1 N–H and O–H groups in total. The molecule has 2 unspecified atom stereocenters. The molecule has 1 fully saturated rings. The van der Waals surface area contributed by atoms with Gasteiger partial charge >= 0.3 is 0 Å². The standard InChI is InChI=1S/C21H26N2O2/c1-3-23-19(16-9-5-4-6-10-16)14-13-18(21(23)24)22-15-17-11-7-8-12-20(17)25-2/h4-12,18-19,22H,3,13-15H2,1-2H3. The number of carbonyl (C=O) groups is 1. The molecular weight excluding hydrogens is 312 g/mol. The smallest absolute Gasteiger partial charge is 0.240 e. The van der Waals surface area contributed by atoms with Crippen molar-refractivity contribution in [1.29, 1.82) is 0 Å². The number of ether oxygens (including phenoxy) is 1. The van der Waals surface area contributed by atoms with Crippen LogP contribution >= 0.6 is 0 Å². The van der Waals surface area contributed by atoms with Crippen molar-refractivity contribution in [2.24, 2.45) is 0 Å². The molecule has 1 aliphatic rings. The molecule has 2 aromatic rings. The number of nitrogens with zero attached hydrogens (tertiary/aromatic N) is 1. The van der Waals surface area contributed by atoms with E-state index in [1.54, 1.807) is 7.11 Å². The van der Waals surface area contributed by atoms with Crippen molar-refractivity contribution in [3.63, 3.8) is 0 Å². The van der Waals surface area contributed by atoms with E-state index >= 15 is 0 Å². The van der Waals surface area contributed by atoms with E-state index in [1.165, 1.54) is 5.56 Å². The predicted octanol–water partition coefficient (Wildman–Crippen LogP) is 3.54. The first-order valence-electron chi connectivity index (χ1n) is 8.95. The van der Waals surface area contributed by atoms with Gasteiger partial charge in [0.05, 0.1) is 19.2 Å². The lowest BCUT2D eigenvalue weighted by molar-refractivity contribution is -0.139. The number of likely N-dealkylation sites (tertiary alicyclic amines) is 1. The van der Waals surface area contributed by atoms with Crippen LogP contribution in [0.2, 0.25) is 0 Å². The van der Waals surface area contributed by atoms with E-state index in [0.717, 1.165) is 30.7 Å². The quantitative estimate of drug-likeness (QED) is 0.876. The van der Waals surface area contributed by atoms with Gasteiger partial charge in [0.2, 0.25) is 5.91 Å². The summed E-state index contributed by atoms with van der Waals surface area (Å²) in [6, 6.07) is 18.3. The van der Waals surface area contributed by atoms with Crippen LogP contribution in [-0.4, -0.2) is 30.5 Å². The molecule has 1 aliphatic heterocycles. The zero-order valence-electron chi connectivity index (χ0n) is 14.9. The number of para-hydroxylation sites is 1. The summed E-state index contributed by atoms with van der Waals surface area (Å²) in [7, 11) is 1.67. The molecule has 0 saturated carbocycles. The molecule has 4 nitrogen and oxygen atoms in total. The first-order chi connectivity index (χ1) is 12.2. The summed E-state index contributed by atoms with van der Waals surface area (Å²) in [6.45, 7) is 3.41. The van der Waals surface area contributed by atoms with Crippen molar-refractivity contribution < 1.29 is 9.53 Å². The molecule has 0 radical (unpaired) electrons. The Morgan fingerprint density at radius 1 is 1.08 bits per heavy atom. The number of amides is 1. The number of benzene rings is 2. The summed E-state index contributed by atoms with van der Waals surface area (Å²) < 4.78 is 5.39. The number of likely N-dealkylation sites (N-methyl/N-ethyl adjacent to an activating group) is 1. The second-order valence-electron chi connectivity index (χ2n) is 6.37. The summed E-state index contributed by atoms with van der Waals surface area (Å²) in [4.78, 5) is 14.9. The van der Waals surface area contributed by atoms with Crippen LogP contribution in [-0.2, 0) is 11.3 Å². The van der Waals surface area contributed by atoms with Crippen molar-refractivity contribution in [2.45, 2.75) is 38.4 Å². The van der Waals surface area contributed by atoms with Crippen LogP contribution in [0.25, 0.3) is 0 Å². The number of hydrogen-bond donors (Lipinski definition) is 1. The number of hydrogen-bond acceptors (Lipinski definition) is 3. The second kappa shape index (κ2) is 8.17. The highest BCUT2D eigenvalue weighted by Crippen LogP contribution is 2.31. The van der Waals surface area contributed by atoms with Crippen molar-refractivity contribution >= 4 is 5.91 Å². The summed E-state index contributed by atoms with van der Waals surface area (Å²) in [5.74, 6) is 1.05. The van der Waals surface area contributed by atoms with Gasteiger partial charge in [0.15, 0.2) is 0 Å². The molecule has 3 rings (SSSR count). The Bertz CT molecular complexity index is 702. The van der Waals surface area contributed by atoms with Gasteiger partial charge in [-0.25, -0.2) is 0 Å². The molecule has 0 aliphatic carbocycles. The van der Waals surface area contributed by atoms with Crippen LogP contribution in [0.1, 0.15) is 36.9 Å². The lowest BCUT2D eigenvalue weighted by atomic mass is 9.92. The van der Waals surface area contributed by atoms with Gasteiger partial charge in [-0.1, -0.05) is 48.5 Å². The van der Waals surface area contributed by atoms with Crippen LogP contribution < -0.4 is 10.1 Å². The van der Waals surface area contributed by atoms with Crippen molar-refractivity contribution in [3.05, 3.63) is 65.7 Å². The topological polar surface area (TPSA) is 41.6 Å². The number of piperidine rings is 1. The lowest BCUT2D eigenvalue weighted by Gasteiger charge is -2.39. The number of rotatable bonds is 6. The zero-order valence-corrected chi connectivity index (χ0v) is 14.9. The summed E-state index contributed by atoms with van der Waals surface area (Å²) in [5, 5.41) is 3.43. The maximum atomic E-state index is 12.9. The van der Waals surface area contributed by atoms with Crippen LogP contribution in [0.5, 0.6) is 5.75 Å². The van der Waals surface area contributed by atoms with Gasteiger partial charge in [-0.05, 0) is 31.4 Å². The molecule has 0 bridgehead atoms. The lowest BCUT2D eigenvalue weighted by Crippen LogP contribution is -2.51. The molecule has 2 atom stereocenters. The van der Waals surface area contributed by atoms with Gasteiger partial charge in [0.25, 0.3) is 0 Å². The monoisotopic (exact) mass is 338 g/mol. The van der Waals surface area contributed by atoms with Crippen LogP contribution in [0.3, 0.4) is 0 Å². The van der Waals surface area contributed by atoms with E-state index in [0.29, 0.717) is 6.54 Å². The van der Waals surface area contributed by atoms with E-state index in [9.17, 15) is 4.79 Å². The molecular formula is C21H26N2O2. The summed E-state index contributed by atoms with van der Waals surface area (Å²) in [5.41, 5.74) is 2.30. The Hall–Kier alpha value is -2.33. The minimum Gasteiger partial charge on any atom is -0.496 e. The zero-order chi connectivity index (χ0) is 17.6. The molecule has 1 amide bonds. The first-order valence-corrected chi connectivity index (χ1v) is 8.95. The number of nitrogens with one attached hydrogen (secondary N) is 1. The molecule has 2 aromatic carbocycles. The van der Waals surface area contributed by atoms with E-state index in [2.05, 4.69) is 24.4 Å². The minimum absolute atomic E-state index is 0.134. The first kappa shape index (κ1) is 17.5. The molecule has 0 aromatic heterocycles. The van der Waals surface area contributed by atoms with Crippen LogP contribution in [0.15, 0.2) is 54.6 Å². The Morgan fingerprint density at radius 3 is 2.52 bits per heavy atom. The third-order valence-electron chi connectivity index (χ3n) is 4.94. The molecule has 4 heteroatoms. The fourth-order valence-corrected chi connectivity index (χ4v) is 3.63. The van der Waals surface area contributed by atoms with Crippen molar-refractivity contribution in [3.8, 4) is 5.75 Å². The number of methoxy groups -OCH3 is 1. The van der Waals surface area contributed by atoms with E-state index in [4.69, 9.17) is 4.74 Å². The Balaban J connectivity index is 1.68. The third kappa shape index (κ3) is 3.85. The largest absolute Gasteiger partial charge is 0.496 e. The molecule has 25 heavy (non-hydrogen) atoms. The van der Waals surface area contributed by atoms with E-state index in [1.807, 2.05) is 47.4 Å². The number of carbonyl (C=O) groups excluding carboxylic acids is 1. The van der Waals surface area contributed by atoms with Gasteiger partial charge in [-0.3, -0.25) is 4.79 Å². The third-order valence-corrected chi connectivity index (χ3v) is 4.94. The van der Waals surface area contributed by atoms with E-state index < -0.39 is 0 Å². The molecule has 1 saturated heterocycles. The second-order valence-corrected chi connectivity index (χ2v) is 6.37. The molecule has 132 valence electrons. The fourth-order valence-electron chi connectivity index (χ4n) is 3.63. The van der Waals surface area contributed by atoms with Crippen LogP contribution in [0.4, 0.5) is 0 Å². The Morgan fingerprint density at radius 2 is 1.80 bits per heavy atom. The average molecular weight is 338 g/mol. The highest BCUT2D eigenvalue weighted by Gasteiger charge is 2.34. The summed E-state index contributed by atoms with van der Waals surface area (Å²) >= 11 is 0. The fraction of sp³-hybridized carbons (Fsp3) is 0.381. The van der Waals surface area contributed by atoms with Gasteiger partial charge in [-0.15, -0.1) is 0 Å². The van der Waals surface area contributed by atoms with Crippen molar-refractivity contribution in [2.75, 3.05) is 13.7 Å². The highest BCUT2D eigenvalue weighted by atomic mass is 16.5.